The number of hydrogen-bond donors (Lipinski definition) is 0. The third kappa shape index (κ3) is 1.56. The largest absolute Gasteiger partial charge is 0.493 e. The zero-order valence-corrected chi connectivity index (χ0v) is 7.82. The first-order chi connectivity index (χ1) is 6.81. The van der Waals surface area contributed by atoms with Gasteiger partial charge in [-0.05, 0) is 18.9 Å². The average molecular weight is 189 g/mol. The Morgan fingerprint density at radius 1 is 1.57 bits per heavy atom. The van der Waals surface area contributed by atoms with Gasteiger partial charge in [-0.15, -0.1) is 0 Å². The number of Topliss-reactive ketones (excluding diaryl/α,β-unsaturated/α-hetero) is 1. The van der Waals surface area contributed by atoms with E-state index in [2.05, 4.69) is 6.07 Å². The maximum Gasteiger partial charge on any atom is 0.162 e. The topological polar surface area (TPSA) is 50.1 Å². The van der Waals surface area contributed by atoms with E-state index >= 15 is 0 Å². The van der Waals surface area contributed by atoms with Crippen molar-refractivity contribution in [2.75, 3.05) is 6.61 Å². The predicted molar refractivity (Wildman–Crippen MR) is 50.1 cm³/mol. The molecule has 0 spiro atoms. The Bertz CT molecular complexity index is 360. The molecule has 0 amide bonds. The summed E-state index contributed by atoms with van der Waals surface area (Å²) in [7, 11) is 0. The second-order valence-corrected chi connectivity index (χ2v) is 3.52. The van der Waals surface area contributed by atoms with Crippen molar-refractivity contribution < 1.29 is 9.53 Å². The van der Waals surface area contributed by atoms with Gasteiger partial charge in [0.05, 0.1) is 18.6 Å². The van der Waals surface area contributed by atoms with E-state index in [1.807, 2.05) is 0 Å². The molecule has 0 radical (unpaired) electrons. The lowest BCUT2D eigenvalue weighted by Crippen LogP contribution is -2.11. The summed E-state index contributed by atoms with van der Waals surface area (Å²) in [4.78, 5) is 11.6. The van der Waals surface area contributed by atoms with Crippen LogP contribution in [-0.4, -0.2) is 12.4 Å². The number of carbonyl (C=O) groups is 1. The summed E-state index contributed by atoms with van der Waals surface area (Å²) in [6.07, 6.45) is 5.40. The molecule has 3 nitrogen and oxygen atoms in total. The fourth-order valence-electron chi connectivity index (χ4n) is 1.73. The molecule has 0 fully saturated rings. The lowest BCUT2D eigenvalue weighted by molar-refractivity contribution is -0.115. The quantitative estimate of drug-likeness (QED) is 0.583. The number of nitrogens with zero attached hydrogens (tertiary/aromatic N) is 1. The van der Waals surface area contributed by atoms with Gasteiger partial charge < -0.3 is 4.74 Å². The van der Waals surface area contributed by atoms with Gasteiger partial charge in [0.15, 0.2) is 5.78 Å². The molecule has 72 valence electrons. The summed E-state index contributed by atoms with van der Waals surface area (Å²) < 4.78 is 5.43. The Hall–Kier alpha value is -1.56. The van der Waals surface area contributed by atoms with E-state index < -0.39 is 0 Å². The Morgan fingerprint density at radius 2 is 2.43 bits per heavy atom. The van der Waals surface area contributed by atoms with Crippen molar-refractivity contribution >= 4 is 5.78 Å². The minimum Gasteiger partial charge on any atom is -0.493 e. The van der Waals surface area contributed by atoms with Crippen molar-refractivity contribution in [2.45, 2.75) is 19.3 Å². The first kappa shape index (κ1) is 9.01. The zero-order chi connectivity index (χ0) is 9.97. The smallest absolute Gasteiger partial charge is 0.162 e. The van der Waals surface area contributed by atoms with Crippen molar-refractivity contribution in [3.05, 3.63) is 23.5 Å². The number of nitriles is 1. The molecule has 0 saturated heterocycles. The molecule has 1 atom stereocenters. The summed E-state index contributed by atoms with van der Waals surface area (Å²) in [6, 6.07) is 2.15. The van der Waals surface area contributed by atoms with Crippen molar-refractivity contribution in [3.63, 3.8) is 0 Å². The highest BCUT2D eigenvalue weighted by Gasteiger charge is 2.24. The Morgan fingerprint density at radius 3 is 3.21 bits per heavy atom. The SMILES string of the molecule is N#CC1C=CC2=C(C1)C(=O)CCCO2. The van der Waals surface area contributed by atoms with Crippen LogP contribution in [0.15, 0.2) is 23.5 Å². The maximum atomic E-state index is 11.6. The van der Waals surface area contributed by atoms with E-state index in [4.69, 9.17) is 10.00 Å². The van der Waals surface area contributed by atoms with Crippen LogP contribution in [0.1, 0.15) is 19.3 Å². The minimum absolute atomic E-state index is 0.141. The van der Waals surface area contributed by atoms with Crippen molar-refractivity contribution in [2.24, 2.45) is 5.92 Å². The zero-order valence-electron chi connectivity index (χ0n) is 7.82. The normalized spacial score (nSPS) is 26.2. The molecule has 0 aromatic heterocycles. The third-order valence-electron chi connectivity index (χ3n) is 2.51. The van der Waals surface area contributed by atoms with Gasteiger partial charge in [-0.3, -0.25) is 4.79 Å². The van der Waals surface area contributed by atoms with Crippen molar-refractivity contribution in [1.29, 1.82) is 5.26 Å². The Balaban J connectivity index is 2.29. The number of rotatable bonds is 0. The van der Waals surface area contributed by atoms with Crippen LogP contribution in [0.3, 0.4) is 0 Å². The molecule has 1 unspecified atom stereocenters. The Kier molecular flexibility index (Phi) is 2.36. The molecule has 3 heteroatoms. The fourth-order valence-corrected chi connectivity index (χ4v) is 1.73. The maximum absolute atomic E-state index is 11.6. The molecular formula is C11H11NO2. The molecule has 0 bridgehead atoms. The van der Waals surface area contributed by atoms with Gasteiger partial charge >= 0.3 is 0 Å². The van der Waals surface area contributed by atoms with Gasteiger partial charge in [-0.25, -0.2) is 0 Å². The average Bonchev–Trinajstić information content (AvgIpc) is 2.40. The van der Waals surface area contributed by atoms with E-state index in [1.165, 1.54) is 0 Å². The van der Waals surface area contributed by atoms with Crippen molar-refractivity contribution in [1.82, 2.24) is 0 Å². The van der Waals surface area contributed by atoms with E-state index in [9.17, 15) is 4.79 Å². The van der Waals surface area contributed by atoms with Gasteiger partial charge in [0.25, 0.3) is 0 Å². The van der Waals surface area contributed by atoms with E-state index in [0.717, 1.165) is 6.42 Å². The number of ether oxygens (including phenoxy) is 1. The van der Waals surface area contributed by atoms with Gasteiger partial charge in [-0.2, -0.15) is 5.26 Å². The van der Waals surface area contributed by atoms with Crippen LogP contribution in [0, 0.1) is 17.2 Å². The second kappa shape index (κ2) is 3.67. The van der Waals surface area contributed by atoms with Gasteiger partial charge in [0.2, 0.25) is 0 Å². The van der Waals surface area contributed by atoms with Gasteiger partial charge in [0.1, 0.15) is 5.76 Å². The van der Waals surface area contributed by atoms with Crippen LogP contribution >= 0.6 is 0 Å². The van der Waals surface area contributed by atoms with Crippen LogP contribution in [-0.2, 0) is 9.53 Å². The molecular weight excluding hydrogens is 178 g/mol. The predicted octanol–water partition coefficient (Wildman–Crippen LogP) is 1.72. The first-order valence-corrected chi connectivity index (χ1v) is 4.78. The minimum atomic E-state index is -0.167. The summed E-state index contributed by atoms with van der Waals surface area (Å²) >= 11 is 0. The molecule has 0 saturated carbocycles. The molecule has 0 N–H and O–H groups in total. The number of allylic oxidation sites excluding steroid dienone is 3. The third-order valence-corrected chi connectivity index (χ3v) is 2.51. The first-order valence-electron chi connectivity index (χ1n) is 4.78. The van der Waals surface area contributed by atoms with E-state index in [1.54, 1.807) is 12.2 Å². The van der Waals surface area contributed by atoms with Crippen LogP contribution in [0.5, 0.6) is 0 Å². The van der Waals surface area contributed by atoms with Gasteiger partial charge in [0, 0.05) is 12.0 Å². The van der Waals surface area contributed by atoms with Gasteiger partial charge in [-0.1, -0.05) is 6.08 Å². The molecule has 0 aromatic rings. The van der Waals surface area contributed by atoms with Crippen LogP contribution in [0.2, 0.25) is 0 Å². The van der Waals surface area contributed by atoms with Crippen LogP contribution < -0.4 is 0 Å². The molecule has 1 heterocycles. The monoisotopic (exact) mass is 189 g/mol. The highest BCUT2D eigenvalue weighted by atomic mass is 16.5. The number of ketones is 1. The molecule has 0 aromatic carbocycles. The summed E-state index contributed by atoms with van der Waals surface area (Å²) in [5.74, 6) is 0.653. The molecule has 1 aliphatic heterocycles. The fraction of sp³-hybridized carbons (Fsp3) is 0.455. The lowest BCUT2D eigenvalue weighted by Gasteiger charge is -2.15. The van der Waals surface area contributed by atoms with Crippen LogP contribution in [0.25, 0.3) is 0 Å². The second-order valence-electron chi connectivity index (χ2n) is 3.52. The summed E-state index contributed by atoms with van der Waals surface area (Å²) in [5.41, 5.74) is 0.705. The summed E-state index contributed by atoms with van der Waals surface area (Å²) in [6.45, 7) is 0.603. The molecule has 2 aliphatic rings. The van der Waals surface area contributed by atoms with E-state index in [0.29, 0.717) is 30.8 Å². The van der Waals surface area contributed by atoms with Crippen molar-refractivity contribution in [3.8, 4) is 6.07 Å². The van der Waals surface area contributed by atoms with E-state index in [-0.39, 0.29) is 11.7 Å². The molecule has 2 rings (SSSR count). The van der Waals surface area contributed by atoms with Crippen LogP contribution in [0.4, 0.5) is 0 Å². The molecule has 1 aliphatic carbocycles. The Labute approximate surface area is 82.7 Å². The number of hydrogen-bond acceptors (Lipinski definition) is 3. The standard InChI is InChI=1S/C11H11NO2/c12-7-8-3-4-11-9(6-8)10(13)2-1-5-14-11/h3-4,8H,1-2,5-6H2. The molecule has 14 heavy (non-hydrogen) atoms. The highest BCUT2D eigenvalue weighted by molar-refractivity contribution is 5.96. The summed E-state index contributed by atoms with van der Waals surface area (Å²) in [5, 5.41) is 8.76. The number of carbonyl (C=O) groups excluding carboxylic acids is 1. The lowest BCUT2D eigenvalue weighted by atomic mass is 9.91. The highest BCUT2D eigenvalue weighted by Crippen LogP contribution is 2.28.